The summed E-state index contributed by atoms with van der Waals surface area (Å²) >= 11 is 5.81. The highest BCUT2D eigenvalue weighted by Gasteiger charge is 2.10. The maximum Gasteiger partial charge on any atom is 0.330 e. The van der Waals surface area contributed by atoms with Gasteiger partial charge >= 0.3 is 5.97 Å². The first-order valence-corrected chi connectivity index (χ1v) is 5.69. The third-order valence-corrected chi connectivity index (χ3v) is 2.32. The van der Waals surface area contributed by atoms with Crippen molar-refractivity contribution in [1.29, 1.82) is 0 Å². The van der Waals surface area contributed by atoms with Gasteiger partial charge in [0.25, 0.3) is 0 Å². The largest absolute Gasteiger partial charge is 0.496 e. The van der Waals surface area contributed by atoms with Crippen molar-refractivity contribution in [3.8, 4) is 5.75 Å². The Labute approximate surface area is 110 Å². The van der Waals surface area contributed by atoms with Crippen molar-refractivity contribution in [3.05, 3.63) is 40.9 Å². The maximum atomic E-state index is 11.9. The zero-order valence-electron chi connectivity index (χ0n) is 10.1. The second-order valence-corrected chi connectivity index (χ2v) is 3.73. The number of esters is 1. The molecule has 1 aromatic rings. The first-order valence-electron chi connectivity index (χ1n) is 5.31. The Morgan fingerprint density at radius 3 is 2.67 bits per heavy atom. The molecule has 0 bridgehead atoms. The molecule has 96 valence electrons. The summed E-state index contributed by atoms with van der Waals surface area (Å²) in [7, 11) is 1.45. The average molecular weight is 269 g/mol. The number of carbonyl (C=O) groups is 2. The molecule has 4 nitrogen and oxygen atoms in total. The van der Waals surface area contributed by atoms with Gasteiger partial charge in [-0.25, -0.2) is 4.79 Å². The normalized spacial score (nSPS) is 10.4. The molecule has 0 saturated carbocycles. The highest BCUT2D eigenvalue weighted by molar-refractivity contribution is 6.31. The summed E-state index contributed by atoms with van der Waals surface area (Å²) < 4.78 is 9.72. The van der Waals surface area contributed by atoms with Crippen LogP contribution in [0.3, 0.4) is 0 Å². The number of ketones is 1. The van der Waals surface area contributed by atoms with E-state index in [0.717, 1.165) is 12.2 Å². The van der Waals surface area contributed by atoms with Gasteiger partial charge in [0.15, 0.2) is 5.78 Å². The van der Waals surface area contributed by atoms with Crippen LogP contribution in [0.5, 0.6) is 5.75 Å². The van der Waals surface area contributed by atoms with E-state index in [-0.39, 0.29) is 12.4 Å². The predicted octanol–water partition coefficient (Wildman–Crippen LogP) is 2.65. The number of methoxy groups -OCH3 is 1. The molecule has 0 atom stereocenters. The second-order valence-electron chi connectivity index (χ2n) is 3.29. The van der Waals surface area contributed by atoms with Gasteiger partial charge in [0, 0.05) is 11.1 Å². The van der Waals surface area contributed by atoms with Crippen molar-refractivity contribution >= 4 is 23.4 Å². The smallest absolute Gasteiger partial charge is 0.330 e. The molecule has 0 N–H and O–H groups in total. The molecule has 0 unspecified atom stereocenters. The number of halogens is 1. The standard InChI is InChI=1S/C13H13ClO4/c1-3-18-13(16)7-5-11(15)10-8-9(14)4-6-12(10)17-2/h4-8H,3H2,1-2H3/b7-5+. The number of allylic oxidation sites excluding steroid dienone is 1. The molecule has 5 heteroatoms. The lowest BCUT2D eigenvalue weighted by Crippen LogP contribution is -2.03. The highest BCUT2D eigenvalue weighted by atomic mass is 35.5. The Bertz CT molecular complexity index is 480. The Kier molecular flexibility index (Phi) is 5.39. The van der Waals surface area contributed by atoms with E-state index in [4.69, 9.17) is 16.3 Å². The first kappa shape index (κ1) is 14.3. The maximum absolute atomic E-state index is 11.9. The molecule has 18 heavy (non-hydrogen) atoms. The number of hydrogen-bond acceptors (Lipinski definition) is 4. The number of benzene rings is 1. The van der Waals surface area contributed by atoms with Crippen LogP contribution < -0.4 is 4.74 Å². The lowest BCUT2D eigenvalue weighted by molar-refractivity contribution is -0.137. The quantitative estimate of drug-likeness (QED) is 0.468. The second kappa shape index (κ2) is 6.81. The van der Waals surface area contributed by atoms with Crippen molar-refractivity contribution in [2.24, 2.45) is 0 Å². The van der Waals surface area contributed by atoms with Crippen molar-refractivity contribution in [2.45, 2.75) is 6.92 Å². The summed E-state index contributed by atoms with van der Waals surface area (Å²) in [4.78, 5) is 22.9. The SMILES string of the molecule is CCOC(=O)/C=C/C(=O)c1cc(Cl)ccc1OC. The third-order valence-electron chi connectivity index (χ3n) is 2.08. The Morgan fingerprint density at radius 1 is 1.33 bits per heavy atom. The van der Waals surface area contributed by atoms with Crippen LogP contribution >= 0.6 is 11.6 Å². The van der Waals surface area contributed by atoms with Gasteiger partial charge in [-0.05, 0) is 31.2 Å². The van der Waals surface area contributed by atoms with E-state index in [9.17, 15) is 9.59 Å². The predicted molar refractivity (Wildman–Crippen MR) is 68.1 cm³/mol. The molecule has 0 radical (unpaired) electrons. The summed E-state index contributed by atoms with van der Waals surface area (Å²) in [6.45, 7) is 1.95. The van der Waals surface area contributed by atoms with Crippen LogP contribution in [0, 0.1) is 0 Å². The van der Waals surface area contributed by atoms with E-state index < -0.39 is 5.97 Å². The Hall–Kier alpha value is -1.81. The minimum Gasteiger partial charge on any atom is -0.496 e. The number of rotatable bonds is 5. The van der Waals surface area contributed by atoms with Crippen LogP contribution in [-0.4, -0.2) is 25.5 Å². The fourth-order valence-electron chi connectivity index (χ4n) is 1.30. The van der Waals surface area contributed by atoms with Gasteiger partial charge in [0.2, 0.25) is 0 Å². The van der Waals surface area contributed by atoms with Gasteiger partial charge in [-0.15, -0.1) is 0 Å². The fourth-order valence-corrected chi connectivity index (χ4v) is 1.47. The molecule has 1 rings (SSSR count). The first-order chi connectivity index (χ1) is 8.58. The molecular formula is C13H13ClO4. The van der Waals surface area contributed by atoms with Crippen LogP contribution in [0.4, 0.5) is 0 Å². The van der Waals surface area contributed by atoms with Crippen molar-refractivity contribution < 1.29 is 19.1 Å². The van der Waals surface area contributed by atoms with Gasteiger partial charge in [-0.1, -0.05) is 11.6 Å². The van der Waals surface area contributed by atoms with E-state index >= 15 is 0 Å². The highest BCUT2D eigenvalue weighted by Crippen LogP contribution is 2.23. The minimum atomic E-state index is -0.563. The van der Waals surface area contributed by atoms with E-state index in [1.807, 2.05) is 0 Å². The minimum absolute atomic E-state index is 0.262. The van der Waals surface area contributed by atoms with Crippen LogP contribution in [0.2, 0.25) is 5.02 Å². The van der Waals surface area contributed by atoms with Crippen molar-refractivity contribution in [2.75, 3.05) is 13.7 Å². The van der Waals surface area contributed by atoms with Crippen LogP contribution in [0.15, 0.2) is 30.4 Å². The lowest BCUT2D eigenvalue weighted by atomic mass is 10.1. The van der Waals surface area contributed by atoms with E-state index in [2.05, 4.69) is 4.74 Å². The molecule has 0 aromatic heterocycles. The fraction of sp³-hybridized carbons (Fsp3) is 0.231. The molecule has 0 spiro atoms. The topological polar surface area (TPSA) is 52.6 Å². The molecule has 0 heterocycles. The summed E-state index contributed by atoms with van der Waals surface area (Å²) in [5.74, 6) is -0.535. The van der Waals surface area contributed by atoms with Crippen LogP contribution in [-0.2, 0) is 9.53 Å². The van der Waals surface area contributed by atoms with Gasteiger partial charge in [-0.3, -0.25) is 4.79 Å². The molecule has 0 amide bonds. The van der Waals surface area contributed by atoms with Crippen LogP contribution in [0.25, 0.3) is 0 Å². The third kappa shape index (κ3) is 3.89. The molecule has 1 aromatic carbocycles. The molecule has 0 aliphatic heterocycles. The van der Waals surface area contributed by atoms with Gasteiger partial charge in [0.05, 0.1) is 19.3 Å². The Morgan fingerprint density at radius 2 is 2.06 bits per heavy atom. The van der Waals surface area contributed by atoms with E-state index in [1.54, 1.807) is 19.1 Å². The zero-order chi connectivity index (χ0) is 13.5. The Balaban J connectivity index is 2.90. The molecular weight excluding hydrogens is 256 g/mol. The van der Waals surface area contributed by atoms with E-state index in [0.29, 0.717) is 16.3 Å². The monoisotopic (exact) mass is 268 g/mol. The molecule has 0 aliphatic carbocycles. The summed E-state index contributed by atoms with van der Waals surface area (Å²) in [6.07, 6.45) is 2.21. The van der Waals surface area contributed by atoms with Crippen molar-refractivity contribution in [3.63, 3.8) is 0 Å². The summed E-state index contributed by atoms with van der Waals surface area (Å²) in [5.41, 5.74) is 0.297. The summed E-state index contributed by atoms with van der Waals surface area (Å²) in [5, 5.41) is 0.420. The number of ether oxygens (including phenoxy) is 2. The van der Waals surface area contributed by atoms with Crippen molar-refractivity contribution in [1.82, 2.24) is 0 Å². The van der Waals surface area contributed by atoms with Gasteiger partial charge in [-0.2, -0.15) is 0 Å². The number of hydrogen-bond donors (Lipinski definition) is 0. The van der Waals surface area contributed by atoms with Gasteiger partial charge in [0.1, 0.15) is 5.75 Å². The van der Waals surface area contributed by atoms with E-state index in [1.165, 1.54) is 13.2 Å². The van der Waals surface area contributed by atoms with Crippen LogP contribution in [0.1, 0.15) is 17.3 Å². The zero-order valence-corrected chi connectivity index (χ0v) is 10.9. The molecule has 0 aliphatic rings. The average Bonchev–Trinajstić information content (AvgIpc) is 2.36. The molecule has 0 saturated heterocycles. The molecule has 0 fully saturated rings. The van der Waals surface area contributed by atoms with Gasteiger partial charge < -0.3 is 9.47 Å². The summed E-state index contributed by atoms with van der Waals surface area (Å²) in [6, 6.07) is 4.69. The number of carbonyl (C=O) groups excluding carboxylic acids is 2. The lowest BCUT2D eigenvalue weighted by Gasteiger charge is -2.05.